The minimum Gasteiger partial charge on any atom is -0.378 e. The van der Waals surface area contributed by atoms with Gasteiger partial charge in [0.1, 0.15) is 17.1 Å². The molecule has 1 N–H and O–H groups in total. The molecule has 2 aromatic heterocycles. The summed E-state index contributed by atoms with van der Waals surface area (Å²) < 4.78 is 72.2. The molecule has 3 aromatic rings. The number of fused-ring (bicyclic) bond motifs is 1. The molecule has 0 spiro atoms. The first-order chi connectivity index (χ1) is 16.5. The number of rotatable bonds is 6. The second kappa shape index (κ2) is 9.27. The average Bonchev–Trinajstić information content (AvgIpc) is 2.82. The molecule has 0 bridgehead atoms. The van der Waals surface area contributed by atoms with E-state index >= 15 is 0 Å². The second-order valence-corrected chi connectivity index (χ2v) is 11.1. The highest BCUT2D eigenvalue weighted by atomic mass is 32.2. The molecule has 0 aliphatic carbocycles. The Morgan fingerprint density at radius 1 is 1.17 bits per heavy atom. The number of pyridine rings is 2. The summed E-state index contributed by atoms with van der Waals surface area (Å²) in [7, 11) is -0.200. The monoisotopic (exact) mass is 509 g/mol. The fraction of sp³-hybridized carbons (Fsp3) is 0.417. The van der Waals surface area contributed by atoms with E-state index in [0.29, 0.717) is 22.3 Å². The van der Waals surface area contributed by atoms with Crippen molar-refractivity contribution in [1.82, 2.24) is 9.55 Å². The summed E-state index contributed by atoms with van der Waals surface area (Å²) in [5, 5.41) is 3.69. The maximum atomic E-state index is 14.7. The van der Waals surface area contributed by atoms with Gasteiger partial charge in [0.15, 0.2) is 9.84 Å². The van der Waals surface area contributed by atoms with Gasteiger partial charge in [0, 0.05) is 37.0 Å². The number of hydrogen-bond acceptors (Lipinski definition) is 6. The van der Waals surface area contributed by atoms with Gasteiger partial charge in [-0.3, -0.25) is 9.36 Å². The van der Waals surface area contributed by atoms with Crippen LogP contribution in [0.3, 0.4) is 0 Å². The van der Waals surface area contributed by atoms with E-state index in [1.807, 2.05) is 0 Å². The Morgan fingerprint density at radius 3 is 2.46 bits per heavy atom. The quantitative estimate of drug-likeness (QED) is 0.535. The van der Waals surface area contributed by atoms with E-state index < -0.39 is 39.3 Å². The summed E-state index contributed by atoms with van der Waals surface area (Å²) in [5.41, 5.74) is -0.863. The number of hydrogen-bond donors (Lipinski definition) is 1. The van der Waals surface area contributed by atoms with Gasteiger partial charge in [-0.05, 0) is 31.9 Å². The third-order valence-corrected chi connectivity index (χ3v) is 8.41. The van der Waals surface area contributed by atoms with Crippen LogP contribution in [0, 0.1) is 5.82 Å². The number of aryl methyl sites for hydroxylation is 1. The van der Waals surface area contributed by atoms with Crippen LogP contribution in [0.4, 0.5) is 18.9 Å². The van der Waals surface area contributed by atoms with Crippen molar-refractivity contribution in [2.75, 3.05) is 23.9 Å². The van der Waals surface area contributed by atoms with Gasteiger partial charge >= 0.3 is 0 Å². The molecular formula is C24H26F3N3O4S. The van der Waals surface area contributed by atoms with Crippen molar-refractivity contribution >= 4 is 26.6 Å². The van der Waals surface area contributed by atoms with Crippen LogP contribution in [0.25, 0.3) is 11.0 Å². The van der Waals surface area contributed by atoms with E-state index in [4.69, 9.17) is 4.74 Å². The standard InChI is InChI=1S/C24H26F3N3O4S/c1-14(15-5-4-6-16(20(15)25)21(26)27)29-19-7-10-28-22-17(19)13-18(23(31)30(22)2)24(34-3)8-11-35(32,33)12-9-24/h4-7,10,13-14,21H,8-9,11-12H2,1-3H3,(H,28,29)/t14-/m1/s1. The molecule has 4 rings (SSSR count). The molecule has 188 valence electrons. The van der Waals surface area contributed by atoms with E-state index in [1.165, 1.54) is 30.0 Å². The number of nitrogens with zero attached hydrogens (tertiary/aromatic N) is 2. The summed E-state index contributed by atoms with van der Waals surface area (Å²) in [6, 6.07) is 6.46. The van der Waals surface area contributed by atoms with Crippen LogP contribution in [0.15, 0.2) is 41.3 Å². The molecule has 35 heavy (non-hydrogen) atoms. The van der Waals surface area contributed by atoms with Gasteiger partial charge in [-0.2, -0.15) is 0 Å². The summed E-state index contributed by atoms with van der Waals surface area (Å²) in [6.45, 7) is 1.64. The molecule has 0 radical (unpaired) electrons. The Hall–Kier alpha value is -2.92. The lowest BCUT2D eigenvalue weighted by molar-refractivity contribution is -0.0244. The van der Waals surface area contributed by atoms with Crippen LogP contribution in [0.5, 0.6) is 0 Å². The van der Waals surface area contributed by atoms with Crippen molar-refractivity contribution in [3.05, 3.63) is 69.4 Å². The molecule has 0 saturated carbocycles. The summed E-state index contributed by atoms with van der Waals surface area (Å²) in [5.74, 6) is -1.18. The second-order valence-electron chi connectivity index (χ2n) is 8.79. The number of benzene rings is 1. The maximum Gasteiger partial charge on any atom is 0.266 e. The molecule has 3 heterocycles. The summed E-state index contributed by atoms with van der Waals surface area (Å²) in [6.07, 6.45) is -1.18. The average molecular weight is 510 g/mol. The first kappa shape index (κ1) is 25.2. The normalized spacial score (nSPS) is 18.0. The molecule has 7 nitrogen and oxygen atoms in total. The molecule has 1 atom stereocenters. The predicted molar refractivity (Wildman–Crippen MR) is 127 cm³/mol. The highest BCUT2D eigenvalue weighted by Crippen LogP contribution is 2.38. The molecular weight excluding hydrogens is 483 g/mol. The third kappa shape index (κ3) is 4.54. The van der Waals surface area contributed by atoms with Gasteiger partial charge in [0.05, 0.1) is 28.7 Å². The largest absolute Gasteiger partial charge is 0.378 e. The molecule has 0 amide bonds. The number of halogens is 3. The van der Waals surface area contributed by atoms with E-state index in [1.54, 1.807) is 26.1 Å². The van der Waals surface area contributed by atoms with Crippen molar-refractivity contribution in [1.29, 1.82) is 0 Å². The first-order valence-corrected chi connectivity index (χ1v) is 12.9. The van der Waals surface area contributed by atoms with Gasteiger partial charge in [0.2, 0.25) is 0 Å². The topological polar surface area (TPSA) is 90.3 Å². The number of alkyl halides is 2. The van der Waals surface area contributed by atoms with Crippen LogP contribution >= 0.6 is 0 Å². The molecule has 1 aliphatic heterocycles. The van der Waals surface area contributed by atoms with Crippen molar-refractivity contribution in [3.63, 3.8) is 0 Å². The Kier molecular flexibility index (Phi) is 6.67. The highest BCUT2D eigenvalue weighted by molar-refractivity contribution is 7.91. The maximum absolute atomic E-state index is 14.7. The van der Waals surface area contributed by atoms with E-state index in [9.17, 15) is 26.4 Å². The Labute approximate surface area is 200 Å². The zero-order chi connectivity index (χ0) is 25.5. The van der Waals surface area contributed by atoms with Gasteiger partial charge in [-0.1, -0.05) is 18.2 Å². The molecule has 11 heteroatoms. The van der Waals surface area contributed by atoms with Crippen LogP contribution < -0.4 is 10.9 Å². The van der Waals surface area contributed by atoms with Crippen molar-refractivity contribution in [3.8, 4) is 0 Å². The predicted octanol–water partition coefficient (Wildman–Crippen LogP) is 4.23. The Balaban J connectivity index is 1.81. The van der Waals surface area contributed by atoms with E-state index in [-0.39, 0.29) is 35.5 Å². The van der Waals surface area contributed by atoms with E-state index in [2.05, 4.69) is 10.3 Å². The molecule has 1 fully saturated rings. The van der Waals surface area contributed by atoms with Crippen molar-refractivity contribution in [2.45, 2.75) is 37.8 Å². The lowest BCUT2D eigenvalue weighted by Gasteiger charge is -2.36. The molecule has 1 saturated heterocycles. The molecule has 1 aliphatic rings. The summed E-state index contributed by atoms with van der Waals surface area (Å²) >= 11 is 0. The minimum atomic E-state index is -3.21. The van der Waals surface area contributed by atoms with Gasteiger partial charge < -0.3 is 10.1 Å². The minimum absolute atomic E-state index is 0.0728. The lowest BCUT2D eigenvalue weighted by atomic mass is 9.88. The molecule has 0 unspecified atom stereocenters. The summed E-state index contributed by atoms with van der Waals surface area (Å²) in [4.78, 5) is 17.6. The van der Waals surface area contributed by atoms with Crippen molar-refractivity contribution < 1.29 is 26.3 Å². The van der Waals surface area contributed by atoms with Crippen LogP contribution in [-0.2, 0) is 27.2 Å². The molecule has 1 aromatic carbocycles. The van der Waals surface area contributed by atoms with Crippen LogP contribution in [-0.4, -0.2) is 36.6 Å². The number of nitrogens with one attached hydrogen (secondary N) is 1. The van der Waals surface area contributed by atoms with Gasteiger partial charge in [-0.25, -0.2) is 26.6 Å². The Morgan fingerprint density at radius 2 is 1.83 bits per heavy atom. The highest BCUT2D eigenvalue weighted by Gasteiger charge is 2.41. The smallest absolute Gasteiger partial charge is 0.266 e. The number of methoxy groups -OCH3 is 1. The third-order valence-electron chi connectivity index (χ3n) is 6.76. The lowest BCUT2D eigenvalue weighted by Crippen LogP contribution is -2.43. The number of anilines is 1. The number of sulfone groups is 1. The number of ether oxygens (including phenoxy) is 1. The van der Waals surface area contributed by atoms with Gasteiger partial charge in [-0.15, -0.1) is 0 Å². The van der Waals surface area contributed by atoms with Crippen LogP contribution in [0.1, 0.15) is 48.9 Å². The van der Waals surface area contributed by atoms with E-state index in [0.717, 1.165) is 6.07 Å². The van der Waals surface area contributed by atoms with Crippen molar-refractivity contribution in [2.24, 2.45) is 7.05 Å². The van der Waals surface area contributed by atoms with Crippen LogP contribution in [0.2, 0.25) is 0 Å². The SMILES string of the molecule is COC1(c2cc3c(N[C@H](C)c4cccc(C(F)F)c4F)ccnc3n(C)c2=O)CCS(=O)(=O)CC1. The first-order valence-electron chi connectivity index (χ1n) is 11.1. The number of aromatic nitrogens is 2. The van der Waals surface area contributed by atoms with Gasteiger partial charge in [0.25, 0.3) is 12.0 Å². The Bertz CT molecular complexity index is 1430. The fourth-order valence-electron chi connectivity index (χ4n) is 4.64. The zero-order valence-corrected chi connectivity index (χ0v) is 20.3. The fourth-order valence-corrected chi connectivity index (χ4v) is 6.13. The zero-order valence-electron chi connectivity index (χ0n) is 19.5.